The number of para-hydroxylation sites is 1. The lowest BCUT2D eigenvalue weighted by atomic mass is 9.90. The monoisotopic (exact) mass is 350 g/mol. The van der Waals surface area contributed by atoms with E-state index in [-0.39, 0.29) is 6.04 Å². The van der Waals surface area contributed by atoms with Crippen LogP contribution in [0.15, 0.2) is 48.5 Å². The minimum absolute atomic E-state index is 0.293. The zero-order valence-corrected chi connectivity index (χ0v) is 14.2. The van der Waals surface area contributed by atoms with Crippen LogP contribution in [0.5, 0.6) is 0 Å². The quantitative estimate of drug-likeness (QED) is 0.632. The Bertz CT molecular complexity index is 991. The van der Waals surface area contributed by atoms with Crippen molar-refractivity contribution >= 4 is 22.8 Å². The largest absolute Gasteiger partial charge is 0.480 e. The number of ether oxygens (including phenoxy) is 1. The number of hydrogen-bond donors (Lipinski definition) is 3. The van der Waals surface area contributed by atoms with E-state index >= 15 is 0 Å². The molecule has 6 heteroatoms. The zero-order valence-electron chi connectivity index (χ0n) is 14.2. The SMILES string of the molecule is COC(=O)c1ccc([C@@H]2N[C@@H](C(=O)O)Cc3c2[nH]c2ccccc32)cc1. The topological polar surface area (TPSA) is 91.4 Å². The van der Waals surface area contributed by atoms with Crippen molar-refractivity contribution in [1.29, 1.82) is 0 Å². The van der Waals surface area contributed by atoms with Crippen LogP contribution in [-0.4, -0.2) is 35.2 Å². The van der Waals surface area contributed by atoms with Crippen molar-refractivity contribution in [3.63, 3.8) is 0 Å². The Morgan fingerprint density at radius 3 is 2.54 bits per heavy atom. The molecule has 1 aliphatic heterocycles. The molecule has 2 atom stereocenters. The van der Waals surface area contributed by atoms with Crippen molar-refractivity contribution < 1.29 is 19.4 Å². The number of rotatable bonds is 3. The van der Waals surface area contributed by atoms with Crippen LogP contribution < -0.4 is 5.32 Å². The molecule has 26 heavy (non-hydrogen) atoms. The van der Waals surface area contributed by atoms with E-state index in [1.807, 2.05) is 36.4 Å². The van der Waals surface area contributed by atoms with E-state index < -0.39 is 18.0 Å². The highest BCUT2D eigenvalue weighted by Gasteiger charge is 2.33. The molecule has 0 fully saturated rings. The molecule has 1 aliphatic rings. The van der Waals surface area contributed by atoms with Crippen LogP contribution in [0.25, 0.3) is 10.9 Å². The smallest absolute Gasteiger partial charge is 0.337 e. The van der Waals surface area contributed by atoms with Gasteiger partial charge in [-0.05, 0) is 29.3 Å². The minimum atomic E-state index is -0.878. The number of hydrogen-bond acceptors (Lipinski definition) is 4. The highest BCUT2D eigenvalue weighted by molar-refractivity contribution is 5.89. The molecular weight excluding hydrogens is 332 g/mol. The second-order valence-corrected chi connectivity index (χ2v) is 6.37. The third kappa shape index (κ3) is 2.64. The maximum atomic E-state index is 11.6. The number of fused-ring (bicyclic) bond motifs is 3. The van der Waals surface area contributed by atoms with Crippen molar-refractivity contribution in [3.05, 3.63) is 70.9 Å². The van der Waals surface area contributed by atoms with Crippen molar-refractivity contribution in [1.82, 2.24) is 10.3 Å². The Hall–Kier alpha value is -3.12. The van der Waals surface area contributed by atoms with Gasteiger partial charge in [0.05, 0.1) is 18.7 Å². The zero-order chi connectivity index (χ0) is 18.3. The molecule has 0 bridgehead atoms. The molecule has 2 aromatic carbocycles. The molecule has 1 aromatic heterocycles. The summed E-state index contributed by atoms with van der Waals surface area (Å²) < 4.78 is 4.73. The Balaban J connectivity index is 1.80. The fourth-order valence-corrected chi connectivity index (χ4v) is 3.59. The Kier molecular flexibility index (Phi) is 3.97. The van der Waals surface area contributed by atoms with Gasteiger partial charge in [0, 0.05) is 23.0 Å². The van der Waals surface area contributed by atoms with Crippen LogP contribution in [0.3, 0.4) is 0 Å². The van der Waals surface area contributed by atoms with Crippen molar-refractivity contribution in [2.45, 2.75) is 18.5 Å². The van der Waals surface area contributed by atoms with Crippen LogP contribution in [0, 0.1) is 0 Å². The first-order valence-corrected chi connectivity index (χ1v) is 8.35. The van der Waals surface area contributed by atoms with E-state index in [0.29, 0.717) is 12.0 Å². The lowest BCUT2D eigenvalue weighted by Crippen LogP contribution is -2.44. The number of carbonyl (C=O) groups excluding carboxylic acids is 1. The van der Waals surface area contributed by atoms with Gasteiger partial charge in [-0.15, -0.1) is 0 Å². The maximum Gasteiger partial charge on any atom is 0.337 e. The average Bonchev–Trinajstić information content (AvgIpc) is 3.05. The third-order valence-electron chi connectivity index (χ3n) is 4.87. The van der Waals surface area contributed by atoms with Crippen molar-refractivity contribution in [2.75, 3.05) is 7.11 Å². The first kappa shape index (κ1) is 16.4. The second kappa shape index (κ2) is 6.31. The molecule has 0 amide bonds. The number of methoxy groups -OCH3 is 1. The number of aromatic amines is 1. The fraction of sp³-hybridized carbons (Fsp3) is 0.200. The first-order chi connectivity index (χ1) is 12.6. The molecule has 0 spiro atoms. The van der Waals surface area contributed by atoms with Crippen LogP contribution in [0.4, 0.5) is 0 Å². The summed E-state index contributed by atoms with van der Waals surface area (Å²) in [7, 11) is 1.34. The normalized spacial score (nSPS) is 19.1. The number of nitrogens with one attached hydrogen (secondary N) is 2. The number of aliphatic carboxylic acids is 1. The minimum Gasteiger partial charge on any atom is -0.480 e. The van der Waals surface area contributed by atoms with E-state index in [1.54, 1.807) is 12.1 Å². The predicted octanol–water partition coefficient (Wildman–Crippen LogP) is 2.64. The molecule has 3 N–H and O–H groups in total. The Labute approximate surface area is 149 Å². The summed E-state index contributed by atoms with van der Waals surface area (Å²) in [6, 6.07) is 14.0. The van der Waals surface area contributed by atoms with Gasteiger partial charge >= 0.3 is 11.9 Å². The molecule has 6 nitrogen and oxygen atoms in total. The molecule has 0 saturated carbocycles. The molecule has 0 radical (unpaired) electrons. The van der Waals surface area contributed by atoms with Gasteiger partial charge in [0.1, 0.15) is 6.04 Å². The van der Waals surface area contributed by atoms with Crippen molar-refractivity contribution in [2.24, 2.45) is 0 Å². The molecule has 2 heterocycles. The van der Waals surface area contributed by atoms with Gasteiger partial charge in [0.2, 0.25) is 0 Å². The summed E-state index contributed by atoms with van der Waals surface area (Å²) in [6.45, 7) is 0. The summed E-state index contributed by atoms with van der Waals surface area (Å²) in [6.07, 6.45) is 0.422. The first-order valence-electron chi connectivity index (χ1n) is 8.35. The van der Waals surface area contributed by atoms with E-state index in [2.05, 4.69) is 10.3 Å². The fourth-order valence-electron chi connectivity index (χ4n) is 3.59. The van der Waals surface area contributed by atoms with Gasteiger partial charge in [0.15, 0.2) is 0 Å². The van der Waals surface area contributed by atoms with E-state index in [1.165, 1.54) is 7.11 Å². The van der Waals surface area contributed by atoms with Crippen LogP contribution in [-0.2, 0) is 16.0 Å². The van der Waals surface area contributed by atoms with Gasteiger partial charge in [-0.1, -0.05) is 30.3 Å². The molecule has 0 unspecified atom stereocenters. The van der Waals surface area contributed by atoms with Crippen LogP contribution in [0.1, 0.15) is 33.2 Å². The molecular formula is C20H18N2O4. The summed E-state index contributed by atoms with van der Waals surface area (Å²) >= 11 is 0. The van der Waals surface area contributed by atoms with Gasteiger partial charge < -0.3 is 14.8 Å². The third-order valence-corrected chi connectivity index (χ3v) is 4.87. The standard InChI is InChI=1S/C20H18N2O4/c1-26-20(25)12-8-6-11(7-9-12)17-18-14(10-16(22-17)19(23)24)13-4-2-3-5-15(13)21-18/h2-9,16-17,21-22H,10H2,1H3,(H,23,24)/t16-,17+/m1/s1. The van der Waals surface area contributed by atoms with Crippen LogP contribution >= 0.6 is 0 Å². The molecule has 0 aliphatic carbocycles. The van der Waals surface area contributed by atoms with Gasteiger partial charge in [-0.2, -0.15) is 0 Å². The summed E-state index contributed by atoms with van der Waals surface area (Å²) in [5.41, 5.74) is 4.32. The van der Waals surface area contributed by atoms with Gasteiger partial charge in [0.25, 0.3) is 0 Å². The Morgan fingerprint density at radius 1 is 1.12 bits per heavy atom. The van der Waals surface area contributed by atoms with E-state index in [4.69, 9.17) is 4.74 Å². The predicted molar refractivity (Wildman–Crippen MR) is 96.2 cm³/mol. The van der Waals surface area contributed by atoms with Gasteiger partial charge in [-0.3, -0.25) is 10.1 Å². The molecule has 132 valence electrons. The summed E-state index contributed by atoms with van der Waals surface area (Å²) in [5.74, 6) is -1.28. The van der Waals surface area contributed by atoms with Crippen molar-refractivity contribution in [3.8, 4) is 0 Å². The lowest BCUT2D eigenvalue weighted by molar-refractivity contribution is -0.139. The average molecular weight is 350 g/mol. The number of H-pyrrole nitrogens is 1. The highest BCUT2D eigenvalue weighted by atomic mass is 16.5. The molecule has 3 aromatic rings. The van der Waals surface area contributed by atoms with Gasteiger partial charge in [-0.25, -0.2) is 4.79 Å². The number of aromatic nitrogens is 1. The number of carboxylic acids is 1. The number of carbonyl (C=O) groups is 2. The van der Waals surface area contributed by atoms with Crippen LogP contribution in [0.2, 0.25) is 0 Å². The maximum absolute atomic E-state index is 11.6. The number of benzene rings is 2. The Morgan fingerprint density at radius 2 is 1.85 bits per heavy atom. The summed E-state index contributed by atoms with van der Waals surface area (Å²) in [5, 5.41) is 13.8. The number of esters is 1. The second-order valence-electron chi connectivity index (χ2n) is 6.37. The highest BCUT2D eigenvalue weighted by Crippen LogP contribution is 2.35. The van der Waals surface area contributed by atoms with E-state index in [9.17, 15) is 14.7 Å². The summed E-state index contributed by atoms with van der Waals surface area (Å²) in [4.78, 5) is 26.7. The van der Waals surface area contributed by atoms with E-state index in [0.717, 1.165) is 27.7 Å². The number of carboxylic acid groups (broad SMARTS) is 1. The molecule has 4 rings (SSSR count). The lowest BCUT2D eigenvalue weighted by Gasteiger charge is -2.29. The molecule has 0 saturated heterocycles.